The molecule has 6 heteroatoms. The molecule has 10 heavy (non-hydrogen) atoms. The lowest BCUT2D eigenvalue weighted by Gasteiger charge is -1.98. The van der Waals surface area contributed by atoms with Gasteiger partial charge in [0.1, 0.15) is 5.84 Å². The fourth-order valence-corrected chi connectivity index (χ4v) is 0.306. The third-order valence-electron chi connectivity index (χ3n) is 0.765. The number of hydrogen-bond acceptors (Lipinski definition) is 3. The van der Waals surface area contributed by atoms with Gasteiger partial charge in [-0.3, -0.25) is 10.7 Å². The number of carbonyl (C=O) groups is 1. The molecule has 0 aromatic carbocycles. The molecule has 0 rings (SSSR count). The molecular weight excluding hydrogens is 136 g/mol. The Bertz CT molecular complexity index is 138. The number of hydrogen-bond donors (Lipinski definition) is 4. The normalized spacial score (nSPS) is 10.8. The number of nitrogens with zero attached hydrogens (tertiary/aromatic N) is 1. The van der Waals surface area contributed by atoms with E-state index >= 15 is 0 Å². The quantitative estimate of drug-likeness (QED) is 0.237. The van der Waals surface area contributed by atoms with Crippen LogP contribution in [0, 0.1) is 0 Å². The van der Waals surface area contributed by atoms with Crippen molar-refractivity contribution >= 4 is 11.9 Å². The zero-order valence-electron chi connectivity index (χ0n) is 5.59. The molecule has 0 bridgehead atoms. The van der Waals surface area contributed by atoms with E-state index in [2.05, 4.69) is 10.8 Å². The van der Waals surface area contributed by atoms with Crippen molar-refractivity contribution in [2.24, 2.45) is 10.8 Å². The van der Waals surface area contributed by atoms with E-state index in [0.29, 0.717) is 6.42 Å². The fraction of sp³-hybridized carbons (Fsp3) is 0.500. The first-order valence-corrected chi connectivity index (χ1v) is 2.72. The Morgan fingerprint density at radius 1 is 1.80 bits per heavy atom. The lowest BCUT2D eigenvalue weighted by Crippen LogP contribution is -2.29. The molecule has 0 aliphatic rings. The number of nitrogens with two attached hydrogens (primary N) is 1. The molecular formula is C4H10N4O2. The lowest BCUT2D eigenvalue weighted by molar-refractivity contribution is 0.230. The van der Waals surface area contributed by atoms with Crippen LogP contribution in [0.1, 0.15) is 13.3 Å². The second kappa shape index (κ2) is 4.57. The van der Waals surface area contributed by atoms with Crippen molar-refractivity contribution in [3.05, 3.63) is 0 Å². The minimum absolute atomic E-state index is 0.249. The predicted octanol–water partition coefficient (Wildman–Crippen LogP) is -0.643. The first-order chi connectivity index (χ1) is 4.70. The SMILES string of the molecule is CC/C(=N\NC(N)=O)NO. The van der Waals surface area contributed by atoms with E-state index < -0.39 is 6.03 Å². The van der Waals surface area contributed by atoms with Crippen LogP contribution in [0.15, 0.2) is 5.10 Å². The molecule has 2 amide bonds. The van der Waals surface area contributed by atoms with Crippen molar-refractivity contribution in [2.75, 3.05) is 0 Å². The summed E-state index contributed by atoms with van der Waals surface area (Å²) in [6.07, 6.45) is 0.483. The lowest BCUT2D eigenvalue weighted by atomic mass is 10.5. The molecule has 0 saturated carbocycles. The summed E-state index contributed by atoms with van der Waals surface area (Å²) < 4.78 is 0. The van der Waals surface area contributed by atoms with Crippen molar-refractivity contribution in [2.45, 2.75) is 13.3 Å². The van der Waals surface area contributed by atoms with E-state index in [0.717, 1.165) is 0 Å². The van der Waals surface area contributed by atoms with Crippen LogP contribution >= 0.6 is 0 Å². The van der Waals surface area contributed by atoms with Gasteiger partial charge in [-0.05, 0) is 0 Å². The maximum atomic E-state index is 10.0. The van der Waals surface area contributed by atoms with Crippen molar-refractivity contribution in [1.82, 2.24) is 10.9 Å². The third-order valence-corrected chi connectivity index (χ3v) is 0.765. The molecule has 0 aromatic rings. The summed E-state index contributed by atoms with van der Waals surface area (Å²) in [5.74, 6) is 0.249. The fourth-order valence-electron chi connectivity index (χ4n) is 0.306. The second-order valence-electron chi connectivity index (χ2n) is 1.50. The minimum atomic E-state index is -0.763. The van der Waals surface area contributed by atoms with Crippen molar-refractivity contribution < 1.29 is 10.0 Å². The van der Waals surface area contributed by atoms with Gasteiger partial charge in [-0.15, -0.1) is 0 Å². The van der Waals surface area contributed by atoms with Gasteiger partial charge in [-0.2, -0.15) is 5.10 Å². The first kappa shape index (κ1) is 8.70. The summed E-state index contributed by atoms with van der Waals surface area (Å²) in [6, 6.07) is -0.763. The van der Waals surface area contributed by atoms with Crippen molar-refractivity contribution in [1.29, 1.82) is 0 Å². The molecule has 6 nitrogen and oxygen atoms in total. The minimum Gasteiger partial charge on any atom is -0.350 e. The summed E-state index contributed by atoms with van der Waals surface area (Å²) in [7, 11) is 0. The second-order valence-corrected chi connectivity index (χ2v) is 1.50. The molecule has 5 N–H and O–H groups in total. The van der Waals surface area contributed by atoms with Crippen LogP contribution in [0.5, 0.6) is 0 Å². The topological polar surface area (TPSA) is 99.7 Å². The van der Waals surface area contributed by atoms with Crippen LogP contribution in [0.4, 0.5) is 4.79 Å². The Morgan fingerprint density at radius 2 is 2.40 bits per heavy atom. The van der Waals surface area contributed by atoms with Crippen molar-refractivity contribution in [3.63, 3.8) is 0 Å². The standard InChI is InChI=1S/C4H10N4O2/c1-2-3(8-10)6-7-4(5)9/h10H,2H2,1H3,(H,6,8)(H3,5,7,9). The van der Waals surface area contributed by atoms with Gasteiger partial charge in [0.25, 0.3) is 0 Å². The number of primary amides is 1. The van der Waals surface area contributed by atoms with Crippen LogP contribution in [0.25, 0.3) is 0 Å². The molecule has 0 aliphatic heterocycles. The van der Waals surface area contributed by atoms with Gasteiger partial charge >= 0.3 is 6.03 Å². The number of amidine groups is 1. The molecule has 58 valence electrons. The average Bonchev–Trinajstić information content (AvgIpc) is 1.90. The van der Waals surface area contributed by atoms with Crippen LogP contribution in [-0.2, 0) is 0 Å². The Hall–Kier alpha value is -1.30. The summed E-state index contributed by atoms with van der Waals surface area (Å²) >= 11 is 0. The van der Waals surface area contributed by atoms with Crippen LogP contribution in [0.2, 0.25) is 0 Å². The first-order valence-electron chi connectivity index (χ1n) is 2.72. The van der Waals surface area contributed by atoms with E-state index in [1.54, 1.807) is 12.4 Å². The van der Waals surface area contributed by atoms with E-state index in [9.17, 15) is 4.79 Å². The maximum absolute atomic E-state index is 10.0. The highest BCUT2D eigenvalue weighted by atomic mass is 16.5. The van der Waals surface area contributed by atoms with E-state index in [1.165, 1.54) is 0 Å². The molecule has 0 saturated heterocycles. The number of rotatable bonds is 2. The highest BCUT2D eigenvalue weighted by molar-refractivity contribution is 5.82. The molecule has 0 aromatic heterocycles. The van der Waals surface area contributed by atoms with Gasteiger partial charge in [0, 0.05) is 6.42 Å². The summed E-state index contributed by atoms with van der Waals surface area (Å²) in [5, 5.41) is 11.7. The van der Waals surface area contributed by atoms with E-state index in [1.807, 2.05) is 5.43 Å². The average molecular weight is 146 g/mol. The third kappa shape index (κ3) is 3.67. The number of nitrogens with one attached hydrogen (secondary N) is 2. The number of amides is 2. The molecule has 0 unspecified atom stereocenters. The van der Waals surface area contributed by atoms with Crippen LogP contribution in [-0.4, -0.2) is 17.1 Å². The van der Waals surface area contributed by atoms with Gasteiger partial charge in [-0.25, -0.2) is 10.2 Å². The smallest absolute Gasteiger partial charge is 0.332 e. The molecule has 0 aliphatic carbocycles. The largest absolute Gasteiger partial charge is 0.350 e. The summed E-state index contributed by atoms with van der Waals surface area (Å²) in [5.41, 5.74) is 8.42. The molecule has 0 radical (unpaired) electrons. The Balaban J connectivity index is 3.74. The highest BCUT2D eigenvalue weighted by Gasteiger charge is 1.91. The number of carbonyl (C=O) groups excluding carboxylic acids is 1. The zero-order chi connectivity index (χ0) is 7.98. The molecule has 0 atom stereocenters. The molecule has 0 fully saturated rings. The Labute approximate surface area is 58.0 Å². The summed E-state index contributed by atoms with van der Waals surface area (Å²) in [4.78, 5) is 10.0. The van der Waals surface area contributed by atoms with Crippen molar-refractivity contribution in [3.8, 4) is 0 Å². The number of urea groups is 1. The van der Waals surface area contributed by atoms with Gasteiger partial charge in [0.2, 0.25) is 0 Å². The predicted molar refractivity (Wildman–Crippen MR) is 35.4 cm³/mol. The highest BCUT2D eigenvalue weighted by Crippen LogP contribution is 1.76. The molecule has 0 heterocycles. The van der Waals surface area contributed by atoms with Gasteiger partial charge in [0.15, 0.2) is 0 Å². The van der Waals surface area contributed by atoms with Crippen LogP contribution < -0.4 is 16.6 Å². The Morgan fingerprint density at radius 3 is 2.70 bits per heavy atom. The van der Waals surface area contributed by atoms with Gasteiger partial charge < -0.3 is 5.73 Å². The van der Waals surface area contributed by atoms with Gasteiger partial charge in [0.05, 0.1) is 0 Å². The number of hydrazone groups is 1. The zero-order valence-corrected chi connectivity index (χ0v) is 5.59. The summed E-state index contributed by atoms with van der Waals surface area (Å²) in [6.45, 7) is 1.75. The van der Waals surface area contributed by atoms with Crippen LogP contribution in [0.3, 0.4) is 0 Å². The van der Waals surface area contributed by atoms with E-state index in [-0.39, 0.29) is 5.84 Å². The van der Waals surface area contributed by atoms with Gasteiger partial charge in [-0.1, -0.05) is 6.92 Å². The maximum Gasteiger partial charge on any atom is 0.332 e. The number of hydroxylamine groups is 1. The van der Waals surface area contributed by atoms with E-state index in [4.69, 9.17) is 5.21 Å². The monoisotopic (exact) mass is 146 g/mol. The molecule has 0 spiro atoms. The Kier molecular flexibility index (Phi) is 3.97.